The minimum absolute atomic E-state index is 0. The van der Waals surface area contributed by atoms with Crippen molar-refractivity contribution in [1.29, 1.82) is 0 Å². The van der Waals surface area contributed by atoms with Gasteiger partial charge in [0.15, 0.2) is 0 Å². The van der Waals surface area contributed by atoms with Crippen LogP contribution in [0.1, 0.15) is 71.1 Å². The molecule has 0 atom stereocenters. The Morgan fingerprint density at radius 3 is 1.39 bits per heavy atom. The summed E-state index contributed by atoms with van der Waals surface area (Å²) >= 11 is 0. The van der Waals surface area contributed by atoms with Gasteiger partial charge in [0.2, 0.25) is 0 Å². The molecule has 0 spiro atoms. The first-order chi connectivity index (χ1) is 10.9. The molecule has 0 aliphatic carbocycles. The van der Waals surface area contributed by atoms with Crippen molar-refractivity contribution in [2.75, 3.05) is 46.2 Å². The molecular formula is C18H39NaO4. The monoisotopic (exact) mass is 342 g/mol. The van der Waals surface area contributed by atoms with Crippen molar-refractivity contribution >= 4 is 29.6 Å². The normalized spacial score (nSPS) is 10.7. The van der Waals surface area contributed by atoms with Gasteiger partial charge in [-0.15, -0.1) is 0 Å². The van der Waals surface area contributed by atoms with E-state index in [0.29, 0.717) is 33.0 Å². The van der Waals surface area contributed by atoms with Crippen LogP contribution in [0.15, 0.2) is 0 Å². The fourth-order valence-corrected chi connectivity index (χ4v) is 2.30. The number of ether oxygens (including phenoxy) is 3. The van der Waals surface area contributed by atoms with Gasteiger partial charge in [-0.3, -0.25) is 0 Å². The Morgan fingerprint density at radius 1 is 0.522 bits per heavy atom. The Hall–Kier alpha value is 0.840. The van der Waals surface area contributed by atoms with Crippen molar-refractivity contribution in [3.63, 3.8) is 0 Å². The molecule has 1 N–H and O–H groups in total. The number of hydrogen-bond acceptors (Lipinski definition) is 4. The van der Waals surface area contributed by atoms with Crippen LogP contribution in [-0.2, 0) is 14.2 Å². The van der Waals surface area contributed by atoms with Crippen LogP contribution in [0.25, 0.3) is 0 Å². The van der Waals surface area contributed by atoms with Crippen LogP contribution < -0.4 is 0 Å². The summed E-state index contributed by atoms with van der Waals surface area (Å²) in [5, 5.41) is 8.52. The quantitative estimate of drug-likeness (QED) is 0.289. The molecular weight excluding hydrogens is 303 g/mol. The predicted molar refractivity (Wildman–Crippen MR) is 98.5 cm³/mol. The van der Waals surface area contributed by atoms with E-state index in [9.17, 15) is 0 Å². The Bertz CT molecular complexity index is 174. The fraction of sp³-hybridized carbons (Fsp3) is 1.00. The third-order valence-corrected chi connectivity index (χ3v) is 3.62. The van der Waals surface area contributed by atoms with E-state index in [1.807, 2.05) is 0 Å². The van der Waals surface area contributed by atoms with Crippen LogP contribution >= 0.6 is 0 Å². The molecule has 23 heavy (non-hydrogen) atoms. The summed E-state index contributed by atoms with van der Waals surface area (Å²) in [5.41, 5.74) is 0. The zero-order valence-corrected chi connectivity index (χ0v) is 14.7. The van der Waals surface area contributed by atoms with Gasteiger partial charge in [0, 0.05) is 6.61 Å². The molecule has 0 amide bonds. The van der Waals surface area contributed by atoms with Crippen LogP contribution in [0.2, 0.25) is 0 Å². The summed E-state index contributed by atoms with van der Waals surface area (Å²) in [6, 6.07) is 0. The van der Waals surface area contributed by atoms with Gasteiger partial charge in [-0.1, -0.05) is 64.7 Å². The molecule has 0 bridgehead atoms. The molecule has 0 saturated heterocycles. The topological polar surface area (TPSA) is 47.9 Å². The number of hydrogen-bond donors (Lipinski definition) is 1. The zero-order valence-electron chi connectivity index (χ0n) is 14.7. The van der Waals surface area contributed by atoms with Crippen LogP contribution in [0.3, 0.4) is 0 Å². The number of rotatable bonds is 19. The van der Waals surface area contributed by atoms with E-state index in [2.05, 4.69) is 6.92 Å². The first-order valence-corrected chi connectivity index (χ1v) is 9.26. The van der Waals surface area contributed by atoms with Crippen molar-refractivity contribution in [3.05, 3.63) is 0 Å². The second-order valence-electron chi connectivity index (χ2n) is 5.74. The molecule has 0 fully saturated rings. The maximum atomic E-state index is 8.52. The molecule has 0 aromatic carbocycles. The standard InChI is InChI=1S/C18H38O4.Na.H/c1-2-3-4-5-6-7-8-9-10-11-13-20-15-17-22-18-16-21-14-12-19;;/h19H,2-18H2,1H3;;. The van der Waals surface area contributed by atoms with E-state index in [-0.39, 0.29) is 36.2 Å². The van der Waals surface area contributed by atoms with E-state index in [1.165, 1.54) is 57.8 Å². The minimum atomic E-state index is 0. The molecule has 0 saturated carbocycles. The average molecular weight is 342 g/mol. The maximum absolute atomic E-state index is 8.52. The van der Waals surface area contributed by atoms with Gasteiger partial charge >= 0.3 is 29.6 Å². The third-order valence-electron chi connectivity index (χ3n) is 3.62. The van der Waals surface area contributed by atoms with Crippen molar-refractivity contribution in [3.8, 4) is 0 Å². The van der Waals surface area contributed by atoms with Crippen molar-refractivity contribution < 1.29 is 19.3 Å². The SMILES string of the molecule is CCCCCCCCCCCCOCCOCCOCCO.[NaH]. The second-order valence-corrected chi connectivity index (χ2v) is 5.74. The first-order valence-electron chi connectivity index (χ1n) is 9.26. The number of unbranched alkanes of at least 4 members (excludes halogenated alkanes) is 9. The zero-order chi connectivity index (χ0) is 16.1. The summed E-state index contributed by atoms with van der Waals surface area (Å²) < 4.78 is 16.0. The molecule has 0 aliphatic heterocycles. The Kier molecular flexibility index (Phi) is 28.4. The molecule has 0 aromatic heterocycles. The van der Waals surface area contributed by atoms with Crippen LogP contribution in [-0.4, -0.2) is 80.9 Å². The Labute approximate surface area is 165 Å². The second kappa shape index (κ2) is 25.1. The van der Waals surface area contributed by atoms with Gasteiger partial charge in [-0.05, 0) is 6.42 Å². The van der Waals surface area contributed by atoms with E-state index >= 15 is 0 Å². The van der Waals surface area contributed by atoms with Crippen LogP contribution in [0, 0.1) is 0 Å². The van der Waals surface area contributed by atoms with E-state index < -0.39 is 0 Å². The molecule has 4 nitrogen and oxygen atoms in total. The molecule has 5 heteroatoms. The molecule has 0 rings (SSSR count). The summed E-state index contributed by atoms with van der Waals surface area (Å²) in [4.78, 5) is 0. The van der Waals surface area contributed by atoms with E-state index in [0.717, 1.165) is 13.0 Å². The molecule has 0 unspecified atom stereocenters. The van der Waals surface area contributed by atoms with Crippen molar-refractivity contribution in [2.45, 2.75) is 71.1 Å². The van der Waals surface area contributed by atoms with E-state index in [4.69, 9.17) is 19.3 Å². The van der Waals surface area contributed by atoms with Gasteiger partial charge in [0.25, 0.3) is 0 Å². The van der Waals surface area contributed by atoms with Crippen LogP contribution in [0.5, 0.6) is 0 Å². The number of aliphatic hydroxyl groups is 1. The molecule has 0 heterocycles. The Balaban J connectivity index is 0. The third kappa shape index (κ3) is 25.2. The van der Waals surface area contributed by atoms with Gasteiger partial charge in [0.05, 0.1) is 39.6 Å². The first kappa shape index (κ1) is 26.1. The van der Waals surface area contributed by atoms with Crippen molar-refractivity contribution in [1.82, 2.24) is 0 Å². The molecule has 0 radical (unpaired) electrons. The predicted octanol–water partition coefficient (Wildman–Crippen LogP) is 3.30. The summed E-state index contributed by atoms with van der Waals surface area (Å²) in [6.45, 7) is 5.97. The summed E-state index contributed by atoms with van der Waals surface area (Å²) in [5.74, 6) is 0. The van der Waals surface area contributed by atoms with Gasteiger partial charge < -0.3 is 19.3 Å². The molecule has 0 aliphatic rings. The van der Waals surface area contributed by atoms with E-state index in [1.54, 1.807) is 0 Å². The van der Waals surface area contributed by atoms with Crippen LogP contribution in [0.4, 0.5) is 0 Å². The fourth-order valence-electron chi connectivity index (χ4n) is 2.30. The molecule has 136 valence electrons. The number of aliphatic hydroxyl groups excluding tert-OH is 1. The van der Waals surface area contributed by atoms with Gasteiger partial charge in [-0.25, -0.2) is 0 Å². The van der Waals surface area contributed by atoms with Gasteiger partial charge in [-0.2, -0.15) is 0 Å². The summed E-state index contributed by atoms with van der Waals surface area (Å²) in [6.07, 6.45) is 13.5. The average Bonchev–Trinajstić information content (AvgIpc) is 2.54. The van der Waals surface area contributed by atoms with Gasteiger partial charge in [0.1, 0.15) is 0 Å². The van der Waals surface area contributed by atoms with Crippen molar-refractivity contribution in [2.24, 2.45) is 0 Å². The molecule has 0 aromatic rings. The summed E-state index contributed by atoms with van der Waals surface area (Å²) in [7, 11) is 0. The Morgan fingerprint density at radius 2 is 0.913 bits per heavy atom.